The van der Waals surface area contributed by atoms with Crippen molar-refractivity contribution in [3.05, 3.63) is 107 Å². The number of aromatic nitrogens is 1. The average molecular weight is 776 g/mol. The lowest BCUT2D eigenvalue weighted by Gasteiger charge is -2.31. The highest BCUT2D eigenvalue weighted by atomic mass is 19.4. The molecule has 0 spiro atoms. The van der Waals surface area contributed by atoms with Gasteiger partial charge < -0.3 is 29.7 Å². The first-order valence-corrected chi connectivity index (χ1v) is 18.4. The third-order valence-electron chi connectivity index (χ3n) is 9.88. The van der Waals surface area contributed by atoms with E-state index in [1.54, 1.807) is 0 Å². The number of halogens is 4. The van der Waals surface area contributed by atoms with Crippen LogP contribution in [0.2, 0.25) is 0 Å². The number of anilines is 1. The molecule has 2 aliphatic rings. The second-order valence-corrected chi connectivity index (χ2v) is 14.0. The molecule has 0 bridgehead atoms. The number of benzene rings is 4. The second kappa shape index (κ2) is 18.7. The Bertz CT molecular complexity index is 2160. The minimum Gasteiger partial charge on any atom is -0.480 e. The smallest absolute Gasteiger partial charge is 0.379 e. The third-order valence-corrected chi connectivity index (χ3v) is 9.88. The molecule has 1 unspecified atom stereocenters. The maximum atomic E-state index is 16.0. The zero-order valence-corrected chi connectivity index (χ0v) is 31.3. The molecule has 1 atom stereocenters. The van der Waals surface area contributed by atoms with Gasteiger partial charge in [-0.1, -0.05) is 48.5 Å². The Morgan fingerprint density at radius 2 is 1.54 bits per heavy atom. The first kappa shape index (κ1) is 40.5. The SMILES string of the molecule is CN(C)Cc1ccc2c(-c3cccc4c(CC(NC(=O)c5c(F)cc(N6CCOCC6)cc5CN5CCOCC5)C(=O)O)cccc34)nccc2c1.FC(F)F. The summed E-state index contributed by atoms with van der Waals surface area (Å²) in [6, 6.07) is 22.0. The van der Waals surface area contributed by atoms with Crippen molar-refractivity contribution >= 4 is 39.1 Å². The zero-order valence-electron chi connectivity index (χ0n) is 31.3. The van der Waals surface area contributed by atoms with Gasteiger partial charge in [0.1, 0.15) is 11.9 Å². The van der Waals surface area contributed by atoms with Crippen LogP contribution in [0.25, 0.3) is 32.8 Å². The molecule has 0 aliphatic carbocycles. The minimum atomic E-state index is -3.67. The van der Waals surface area contributed by atoms with Crippen LogP contribution in [0.1, 0.15) is 27.0 Å². The predicted molar refractivity (Wildman–Crippen MR) is 207 cm³/mol. The van der Waals surface area contributed by atoms with Gasteiger partial charge in [-0.2, -0.15) is 13.2 Å². The number of ether oxygens (including phenoxy) is 2. The Labute approximate surface area is 322 Å². The number of carbonyl (C=O) groups excluding carboxylic acids is 1. The molecule has 296 valence electrons. The summed E-state index contributed by atoms with van der Waals surface area (Å²) < 4.78 is 56.0. The molecule has 3 heterocycles. The highest BCUT2D eigenvalue weighted by molar-refractivity contribution is 6.05. The highest BCUT2D eigenvalue weighted by Gasteiger charge is 2.28. The number of hydrogen-bond acceptors (Lipinski definition) is 8. The Morgan fingerprint density at radius 3 is 2.23 bits per heavy atom. The summed E-state index contributed by atoms with van der Waals surface area (Å²) in [6.45, 7) is 2.20. The summed E-state index contributed by atoms with van der Waals surface area (Å²) in [6.07, 6.45) is 1.82. The molecule has 2 N–H and O–H groups in total. The Balaban J connectivity index is 0.00000127. The minimum absolute atomic E-state index is 0.00497. The van der Waals surface area contributed by atoms with E-state index < -0.39 is 30.4 Å². The number of aliphatic carboxylic acids is 1. The number of rotatable bonds is 11. The van der Waals surface area contributed by atoms with Gasteiger partial charge >= 0.3 is 12.6 Å². The van der Waals surface area contributed by atoms with Crippen LogP contribution in [0.5, 0.6) is 0 Å². The summed E-state index contributed by atoms with van der Waals surface area (Å²) in [5.41, 5.74) is 4.77. The summed E-state index contributed by atoms with van der Waals surface area (Å²) in [7, 11) is 4.09. The van der Waals surface area contributed by atoms with Crippen molar-refractivity contribution < 1.29 is 41.7 Å². The quantitative estimate of drug-likeness (QED) is 0.145. The number of amides is 1. The largest absolute Gasteiger partial charge is 0.480 e. The van der Waals surface area contributed by atoms with Crippen molar-refractivity contribution in [2.75, 3.05) is 71.6 Å². The van der Waals surface area contributed by atoms with Crippen LogP contribution in [0.3, 0.4) is 0 Å². The standard InChI is InChI=1S/C41H44FN5O5.CHF3/c1-45(2)25-27-9-10-33-29(21-27)11-12-43-39(33)35-8-4-6-32-28(5-3-7-34(32)35)23-37(41(49)50)44-40(48)38-30(26-46-13-17-51-18-14-46)22-31(24-36(38)42)47-15-19-52-20-16-47;2-1(3)4/h3-12,21-22,24,37H,13-20,23,25-26H2,1-2H3,(H,44,48)(H,49,50);1H. The molecule has 0 radical (unpaired) electrons. The molecule has 1 amide bonds. The lowest BCUT2D eigenvalue weighted by atomic mass is 9.93. The summed E-state index contributed by atoms with van der Waals surface area (Å²) in [5, 5.41) is 17.0. The monoisotopic (exact) mass is 775 g/mol. The molecule has 2 aliphatic heterocycles. The number of fused-ring (bicyclic) bond motifs is 2. The van der Waals surface area contributed by atoms with E-state index in [9.17, 15) is 27.9 Å². The number of morpholine rings is 2. The number of carboxylic acid groups (broad SMARTS) is 1. The van der Waals surface area contributed by atoms with Crippen LogP contribution < -0.4 is 10.2 Å². The van der Waals surface area contributed by atoms with E-state index in [1.165, 1.54) is 11.6 Å². The molecule has 4 aromatic carbocycles. The van der Waals surface area contributed by atoms with E-state index in [2.05, 4.69) is 33.3 Å². The Kier molecular flexibility index (Phi) is 13.5. The number of pyridine rings is 1. The number of nitrogens with zero attached hydrogens (tertiary/aromatic N) is 4. The summed E-state index contributed by atoms with van der Waals surface area (Å²) >= 11 is 0. The van der Waals surface area contributed by atoms with Crippen molar-refractivity contribution in [1.82, 2.24) is 20.1 Å². The van der Waals surface area contributed by atoms with E-state index in [0.29, 0.717) is 70.4 Å². The van der Waals surface area contributed by atoms with Crippen molar-refractivity contribution in [2.45, 2.75) is 32.2 Å². The van der Waals surface area contributed by atoms with Crippen LogP contribution in [0.15, 0.2) is 79.0 Å². The fourth-order valence-corrected chi connectivity index (χ4v) is 7.35. The van der Waals surface area contributed by atoms with Gasteiger partial charge in [0.15, 0.2) is 0 Å². The molecule has 56 heavy (non-hydrogen) atoms. The van der Waals surface area contributed by atoms with Gasteiger partial charge in [0, 0.05) is 68.5 Å². The Morgan fingerprint density at radius 1 is 0.857 bits per heavy atom. The summed E-state index contributed by atoms with van der Waals surface area (Å²) in [4.78, 5) is 37.7. The van der Waals surface area contributed by atoms with E-state index >= 15 is 4.39 Å². The molecular weight excluding hydrogens is 730 g/mol. The lowest BCUT2D eigenvalue weighted by molar-refractivity contribution is -0.139. The van der Waals surface area contributed by atoms with Gasteiger partial charge in [-0.25, -0.2) is 9.18 Å². The van der Waals surface area contributed by atoms with Gasteiger partial charge in [0.05, 0.1) is 37.7 Å². The van der Waals surface area contributed by atoms with Gasteiger partial charge in [0.25, 0.3) is 5.91 Å². The molecular formula is C42H45F4N5O5. The van der Waals surface area contributed by atoms with E-state index in [4.69, 9.17) is 14.5 Å². The van der Waals surface area contributed by atoms with Gasteiger partial charge in [-0.15, -0.1) is 0 Å². The fourth-order valence-electron chi connectivity index (χ4n) is 7.35. The molecule has 5 aromatic rings. The molecule has 2 fully saturated rings. The molecule has 0 saturated carbocycles. The predicted octanol–water partition coefficient (Wildman–Crippen LogP) is 6.53. The summed E-state index contributed by atoms with van der Waals surface area (Å²) in [5.74, 6) is -2.64. The highest BCUT2D eigenvalue weighted by Crippen LogP contribution is 2.34. The fraction of sp³-hybridized carbons (Fsp3) is 0.357. The molecule has 14 heteroatoms. The number of alkyl halides is 3. The van der Waals surface area contributed by atoms with E-state index in [-0.39, 0.29) is 12.0 Å². The van der Waals surface area contributed by atoms with Crippen molar-refractivity contribution in [1.29, 1.82) is 0 Å². The molecule has 1 aromatic heterocycles. The van der Waals surface area contributed by atoms with E-state index in [1.807, 2.05) is 73.7 Å². The number of carbonyl (C=O) groups is 2. The van der Waals surface area contributed by atoms with Crippen LogP contribution in [0.4, 0.5) is 23.2 Å². The first-order chi connectivity index (χ1) is 27.0. The first-order valence-electron chi connectivity index (χ1n) is 18.4. The number of nitrogens with one attached hydrogen (secondary N) is 1. The molecule has 7 rings (SSSR count). The number of hydrogen-bond donors (Lipinski definition) is 2. The van der Waals surface area contributed by atoms with Gasteiger partial charge in [-0.3, -0.25) is 14.7 Å². The zero-order chi connectivity index (χ0) is 39.8. The number of carboxylic acids is 1. The van der Waals surface area contributed by atoms with Crippen LogP contribution >= 0.6 is 0 Å². The maximum absolute atomic E-state index is 16.0. The third kappa shape index (κ3) is 9.98. The Hall–Kier alpha value is -5.15. The van der Waals surface area contributed by atoms with Gasteiger partial charge in [0.2, 0.25) is 0 Å². The van der Waals surface area contributed by atoms with Crippen molar-refractivity contribution in [3.8, 4) is 11.3 Å². The second-order valence-electron chi connectivity index (χ2n) is 14.0. The average Bonchev–Trinajstić information content (AvgIpc) is 3.17. The van der Waals surface area contributed by atoms with Crippen molar-refractivity contribution in [3.63, 3.8) is 0 Å². The maximum Gasteiger partial charge on any atom is 0.379 e. The molecule has 2 saturated heterocycles. The topological polar surface area (TPSA) is 107 Å². The van der Waals surface area contributed by atoms with Crippen LogP contribution in [-0.2, 0) is 33.8 Å². The van der Waals surface area contributed by atoms with Gasteiger partial charge in [-0.05, 0) is 71.2 Å². The van der Waals surface area contributed by atoms with E-state index in [0.717, 1.165) is 44.9 Å². The van der Waals surface area contributed by atoms with Crippen LogP contribution in [0, 0.1) is 5.82 Å². The van der Waals surface area contributed by atoms with Crippen LogP contribution in [-0.4, -0.2) is 111 Å². The lowest BCUT2D eigenvalue weighted by Crippen LogP contribution is -2.43. The van der Waals surface area contributed by atoms with Crippen molar-refractivity contribution in [2.24, 2.45) is 0 Å². The normalized spacial score (nSPS) is 15.5. The molecule has 10 nitrogen and oxygen atoms in total.